The van der Waals surface area contributed by atoms with Gasteiger partial charge in [0.25, 0.3) is 5.91 Å². The van der Waals surface area contributed by atoms with Crippen LogP contribution in [-0.2, 0) is 9.53 Å². The van der Waals surface area contributed by atoms with E-state index in [1.165, 1.54) is 11.3 Å². The Balaban J connectivity index is 1.35. The van der Waals surface area contributed by atoms with Crippen molar-refractivity contribution in [2.24, 2.45) is 5.41 Å². The van der Waals surface area contributed by atoms with E-state index < -0.39 is 0 Å². The maximum atomic E-state index is 13.1. The molecule has 2 amide bonds. The maximum Gasteiger partial charge on any atom is 0.264 e. The van der Waals surface area contributed by atoms with Crippen LogP contribution in [0.3, 0.4) is 0 Å². The first-order chi connectivity index (χ1) is 12.6. The number of rotatable bonds is 4. The van der Waals surface area contributed by atoms with Gasteiger partial charge in [0.15, 0.2) is 0 Å². The van der Waals surface area contributed by atoms with Crippen LogP contribution in [0.5, 0.6) is 0 Å². The summed E-state index contributed by atoms with van der Waals surface area (Å²) in [4.78, 5) is 32.9. The number of hydrogen-bond donors (Lipinski definition) is 0. The van der Waals surface area contributed by atoms with Crippen molar-refractivity contribution in [2.45, 2.75) is 19.8 Å². The Hall–Kier alpha value is -1.44. The third-order valence-corrected chi connectivity index (χ3v) is 7.09. The van der Waals surface area contributed by atoms with Crippen LogP contribution >= 0.6 is 11.3 Å². The molecule has 0 bridgehead atoms. The second-order valence-electron chi connectivity index (χ2n) is 7.69. The molecule has 1 spiro atoms. The minimum atomic E-state index is -0.341. The number of hydrogen-bond acceptors (Lipinski definition) is 5. The fourth-order valence-corrected chi connectivity index (χ4v) is 5.25. The lowest BCUT2D eigenvalue weighted by atomic mass is 9.85. The smallest absolute Gasteiger partial charge is 0.264 e. The molecule has 1 aromatic heterocycles. The summed E-state index contributed by atoms with van der Waals surface area (Å²) in [5, 5.41) is 1.96. The van der Waals surface area contributed by atoms with Crippen molar-refractivity contribution in [1.82, 2.24) is 14.7 Å². The lowest BCUT2D eigenvalue weighted by Crippen LogP contribution is -2.43. The van der Waals surface area contributed by atoms with Crippen molar-refractivity contribution in [3.63, 3.8) is 0 Å². The Morgan fingerprint density at radius 2 is 1.96 bits per heavy atom. The molecule has 0 aliphatic carbocycles. The van der Waals surface area contributed by atoms with E-state index in [0.29, 0.717) is 13.1 Å². The second kappa shape index (κ2) is 7.29. The highest BCUT2D eigenvalue weighted by Crippen LogP contribution is 2.41. The highest BCUT2D eigenvalue weighted by molar-refractivity contribution is 7.12. The molecule has 0 radical (unpaired) electrons. The average Bonchev–Trinajstić information content (AvgIpc) is 3.36. The molecule has 4 heterocycles. The minimum absolute atomic E-state index is 0.0916. The number of likely N-dealkylation sites (tertiary alicyclic amines) is 2. The normalized spacial score (nSPS) is 27.0. The van der Waals surface area contributed by atoms with Crippen LogP contribution in [0.2, 0.25) is 0 Å². The zero-order valence-corrected chi connectivity index (χ0v) is 16.2. The van der Waals surface area contributed by atoms with Crippen molar-refractivity contribution in [1.29, 1.82) is 0 Å². The SMILES string of the molecule is Cc1ccsc1C(=O)N1CCC2(CCN(CCN3CCOCC3)C2=O)C1. The van der Waals surface area contributed by atoms with Gasteiger partial charge in [-0.1, -0.05) is 0 Å². The summed E-state index contributed by atoms with van der Waals surface area (Å²) in [6.45, 7) is 9.27. The molecule has 0 aromatic carbocycles. The molecule has 4 rings (SSSR count). The van der Waals surface area contributed by atoms with Gasteiger partial charge in [-0.3, -0.25) is 14.5 Å². The highest BCUT2D eigenvalue weighted by atomic mass is 32.1. The van der Waals surface area contributed by atoms with Gasteiger partial charge >= 0.3 is 0 Å². The third kappa shape index (κ3) is 3.28. The van der Waals surface area contributed by atoms with Crippen LogP contribution in [0.4, 0.5) is 0 Å². The molecule has 3 fully saturated rings. The molecule has 142 valence electrons. The van der Waals surface area contributed by atoms with E-state index in [1.807, 2.05) is 28.2 Å². The summed E-state index contributed by atoms with van der Waals surface area (Å²) >= 11 is 1.50. The van der Waals surface area contributed by atoms with Crippen LogP contribution in [0.1, 0.15) is 28.1 Å². The van der Waals surface area contributed by atoms with Crippen LogP contribution in [0, 0.1) is 12.3 Å². The zero-order chi connectivity index (χ0) is 18.1. The van der Waals surface area contributed by atoms with Crippen LogP contribution in [-0.4, -0.2) is 85.5 Å². The highest BCUT2D eigenvalue weighted by Gasteiger charge is 2.51. The molecule has 3 aliphatic heterocycles. The number of morpholine rings is 1. The van der Waals surface area contributed by atoms with E-state index in [2.05, 4.69) is 4.90 Å². The first-order valence-corrected chi connectivity index (χ1v) is 10.4. The van der Waals surface area contributed by atoms with Crippen LogP contribution in [0.15, 0.2) is 11.4 Å². The number of carbonyl (C=O) groups is 2. The van der Waals surface area contributed by atoms with Gasteiger partial charge in [-0.2, -0.15) is 0 Å². The van der Waals surface area contributed by atoms with E-state index in [9.17, 15) is 9.59 Å². The van der Waals surface area contributed by atoms with Gasteiger partial charge in [0.1, 0.15) is 0 Å². The number of thiophene rings is 1. The molecular formula is C19H27N3O3S. The van der Waals surface area contributed by atoms with Crippen molar-refractivity contribution in [2.75, 3.05) is 59.0 Å². The number of amides is 2. The Bertz CT molecular complexity index is 685. The molecule has 1 unspecified atom stereocenters. The maximum absolute atomic E-state index is 13.1. The lowest BCUT2D eigenvalue weighted by Gasteiger charge is -2.29. The average molecular weight is 378 g/mol. The predicted octanol–water partition coefficient (Wildman–Crippen LogP) is 1.45. The number of carbonyl (C=O) groups excluding carboxylic acids is 2. The molecule has 3 aliphatic rings. The molecule has 7 heteroatoms. The summed E-state index contributed by atoms with van der Waals surface area (Å²) in [7, 11) is 0. The largest absolute Gasteiger partial charge is 0.379 e. The molecule has 3 saturated heterocycles. The molecule has 1 atom stereocenters. The van der Waals surface area contributed by atoms with Gasteiger partial charge in [-0.05, 0) is 36.8 Å². The molecule has 1 aromatic rings. The van der Waals surface area contributed by atoms with Crippen LogP contribution < -0.4 is 0 Å². The van der Waals surface area contributed by atoms with Crippen molar-refractivity contribution in [3.05, 3.63) is 21.9 Å². The molecule has 0 saturated carbocycles. The fraction of sp³-hybridized carbons (Fsp3) is 0.684. The summed E-state index contributed by atoms with van der Waals surface area (Å²) in [5.74, 6) is 0.345. The number of aryl methyl sites for hydroxylation is 1. The monoisotopic (exact) mass is 377 g/mol. The first-order valence-electron chi connectivity index (χ1n) is 9.52. The quantitative estimate of drug-likeness (QED) is 0.797. The second-order valence-corrected chi connectivity index (χ2v) is 8.60. The van der Waals surface area contributed by atoms with Crippen LogP contribution in [0.25, 0.3) is 0 Å². The number of nitrogens with zero attached hydrogens (tertiary/aromatic N) is 3. The van der Waals surface area contributed by atoms with Gasteiger partial charge in [-0.15, -0.1) is 11.3 Å². The van der Waals surface area contributed by atoms with Crippen molar-refractivity contribution in [3.8, 4) is 0 Å². The van der Waals surface area contributed by atoms with Gasteiger partial charge in [0, 0.05) is 45.8 Å². The number of ether oxygens (including phenoxy) is 1. The fourth-order valence-electron chi connectivity index (χ4n) is 4.35. The Labute approximate surface area is 158 Å². The molecule has 6 nitrogen and oxygen atoms in total. The van der Waals surface area contributed by atoms with E-state index in [0.717, 1.165) is 69.2 Å². The first kappa shape index (κ1) is 17.9. The topological polar surface area (TPSA) is 53.1 Å². The molecular weight excluding hydrogens is 350 g/mol. The minimum Gasteiger partial charge on any atom is -0.379 e. The Kier molecular flexibility index (Phi) is 5.03. The third-order valence-electron chi connectivity index (χ3n) is 6.09. The van der Waals surface area contributed by atoms with Gasteiger partial charge < -0.3 is 14.5 Å². The lowest BCUT2D eigenvalue weighted by molar-refractivity contribution is -0.135. The molecule has 26 heavy (non-hydrogen) atoms. The standard InChI is InChI=1S/C19H27N3O3S/c1-15-2-13-26-16(15)17(23)22-6-4-19(14-22)3-5-21(18(19)24)8-7-20-9-11-25-12-10-20/h2,13H,3-12,14H2,1H3. The summed E-state index contributed by atoms with van der Waals surface area (Å²) < 4.78 is 5.38. The summed E-state index contributed by atoms with van der Waals surface area (Å²) in [6.07, 6.45) is 1.68. The zero-order valence-electron chi connectivity index (χ0n) is 15.4. The van der Waals surface area contributed by atoms with Crippen molar-refractivity contribution >= 4 is 23.2 Å². The van der Waals surface area contributed by atoms with E-state index in [-0.39, 0.29) is 17.2 Å². The Morgan fingerprint density at radius 1 is 1.19 bits per heavy atom. The van der Waals surface area contributed by atoms with Gasteiger partial charge in [0.2, 0.25) is 5.91 Å². The van der Waals surface area contributed by atoms with Gasteiger partial charge in [0.05, 0.1) is 23.5 Å². The predicted molar refractivity (Wildman–Crippen MR) is 100 cm³/mol. The Morgan fingerprint density at radius 3 is 2.69 bits per heavy atom. The van der Waals surface area contributed by atoms with Crippen molar-refractivity contribution < 1.29 is 14.3 Å². The summed E-state index contributed by atoms with van der Waals surface area (Å²) in [5.41, 5.74) is 0.692. The van der Waals surface area contributed by atoms with E-state index in [4.69, 9.17) is 4.74 Å². The van der Waals surface area contributed by atoms with Gasteiger partial charge in [-0.25, -0.2) is 0 Å². The summed E-state index contributed by atoms with van der Waals surface area (Å²) in [6, 6.07) is 1.98. The van der Waals surface area contributed by atoms with E-state index in [1.54, 1.807) is 0 Å². The molecule has 0 N–H and O–H groups in total. The van der Waals surface area contributed by atoms with E-state index >= 15 is 0 Å².